The van der Waals surface area contributed by atoms with Crippen LogP contribution in [0.1, 0.15) is 0 Å². The highest BCUT2D eigenvalue weighted by Crippen LogP contribution is 1.99. The van der Waals surface area contributed by atoms with Crippen LogP contribution >= 0.6 is 0 Å². The second kappa shape index (κ2) is 3.23. The third kappa shape index (κ3) is 2.26. The fraction of sp³-hybridized carbons (Fsp3) is 0. The molecule has 48 valence electrons. The number of hydrogen-bond donors (Lipinski definition) is 0. The van der Waals surface area contributed by atoms with Gasteiger partial charge in [0.25, 0.3) is 0 Å². The van der Waals surface area contributed by atoms with Gasteiger partial charge in [0, 0.05) is 6.07 Å². The van der Waals surface area contributed by atoms with Crippen molar-refractivity contribution in [1.82, 2.24) is 0 Å². The Labute approximate surface area is 54.1 Å². The van der Waals surface area contributed by atoms with E-state index in [-0.39, 0.29) is 8.41 Å². The highest BCUT2D eigenvalue weighted by molar-refractivity contribution is 5.75. The van der Waals surface area contributed by atoms with E-state index in [1.807, 2.05) is 0 Å². The average molecular weight is 128 g/mol. The van der Waals surface area contributed by atoms with Gasteiger partial charge in [0.15, 0.2) is 0 Å². The van der Waals surface area contributed by atoms with Gasteiger partial charge in [0.05, 0.1) is 8.41 Å². The molecular formula is C6H7BF2. The van der Waals surface area contributed by atoms with E-state index in [1.165, 1.54) is 18.2 Å². The number of rotatable bonds is 0. The third-order valence-electron chi connectivity index (χ3n) is 0.787. The van der Waals surface area contributed by atoms with Gasteiger partial charge in [0.1, 0.15) is 11.6 Å². The molecule has 0 N–H and O–H groups in total. The molecule has 0 atom stereocenters. The van der Waals surface area contributed by atoms with Crippen LogP contribution in [0.25, 0.3) is 0 Å². The summed E-state index contributed by atoms with van der Waals surface area (Å²) in [7, 11) is 0. The molecule has 0 spiro atoms. The van der Waals surface area contributed by atoms with E-state index < -0.39 is 11.6 Å². The minimum atomic E-state index is -0.537. The SMILES string of the molecule is B.Fc1cccc(F)c1. The van der Waals surface area contributed by atoms with Gasteiger partial charge in [-0.05, 0) is 12.1 Å². The molecule has 0 aromatic heterocycles. The maximum Gasteiger partial charge on any atom is 0.126 e. The molecule has 0 aliphatic rings. The van der Waals surface area contributed by atoms with Crippen LogP contribution < -0.4 is 0 Å². The van der Waals surface area contributed by atoms with E-state index in [0.717, 1.165) is 6.07 Å². The van der Waals surface area contributed by atoms with Crippen molar-refractivity contribution in [3.05, 3.63) is 35.9 Å². The van der Waals surface area contributed by atoms with Gasteiger partial charge < -0.3 is 0 Å². The van der Waals surface area contributed by atoms with E-state index in [0.29, 0.717) is 0 Å². The Balaban J connectivity index is 0.000000640. The van der Waals surface area contributed by atoms with E-state index in [1.54, 1.807) is 0 Å². The van der Waals surface area contributed by atoms with Crippen LogP contribution in [0.2, 0.25) is 0 Å². The van der Waals surface area contributed by atoms with Gasteiger partial charge >= 0.3 is 0 Å². The lowest BCUT2D eigenvalue weighted by atomic mass is 10.3. The number of benzene rings is 1. The fourth-order valence-electron chi connectivity index (χ4n) is 0.460. The van der Waals surface area contributed by atoms with Crippen LogP contribution in [-0.4, -0.2) is 8.41 Å². The normalized spacial score (nSPS) is 8.22. The molecule has 0 radical (unpaired) electrons. The van der Waals surface area contributed by atoms with E-state index >= 15 is 0 Å². The van der Waals surface area contributed by atoms with Crippen molar-refractivity contribution >= 4 is 8.41 Å². The fourth-order valence-corrected chi connectivity index (χ4v) is 0.460. The van der Waals surface area contributed by atoms with Gasteiger partial charge in [-0.3, -0.25) is 0 Å². The molecule has 9 heavy (non-hydrogen) atoms. The maximum atomic E-state index is 11.9. The molecule has 0 aliphatic carbocycles. The van der Waals surface area contributed by atoms with Crippen molar-refractivity contribution in [2.75, 3.05) is 0 Å². The second-order valence-electron chi connectivity index (χ2n) is 1.44. The summed E-state index contributed by atoms with van der Waals surface area (Å²) in [4.78, 5) is 0. The first kappa shape index (κ1) is 8.14. The summed E-state index contributed by atoms with van der Waals surface area (Å²) in [5.41, 5.74) is 0. The molecule has 3 heteroatoms. The van der Waals surface area contributed by atoms with Gasteiger partial charge in [-0.25, -0.2) is 8.78 Å². The Morgan fingerprint density at radius 1 is 1.00 bits per heavy atom. The molecule has 0 saturated carbocycles. The van der Waals surface area contributed by atoms with Crippen LogP contribution in [0, 0.1) is 11.6 Å². The summed E-state index contributed by atoms with van der Waals surface area (Å²) >= 11 is 0. The maximum absolute atomic E-state index is 11.9. The van der Waals surface area contributed by atoms with Crippen LogP contribution in [0.4, 0.5) is 8.78 Å². The third-order valence-corrected chi connectivity index (χ3v) is 0.787. The molecule has 0 heterocycles. The smallest absolute Gasteiger partial charge is 0.126 e. The summed E-state index contributed by atoms with van der Waals surface area (Å²) in [5.74, 6) is -1.07. The lowest BCUT2D eigenvalue weighted by molar-refractivity contribution is 0.583. The Kier molecular flexibility index (Phi) is 2.92. The zero-order valence-electron chi connectivity index (χ0n) is 4.07. The number of halogens is 2. The first-order valence-corrected chi connectivity index (χ1v) is 2.20. The summed E-state index contributed by atoms with van der Waals surface area (Å²) in [6, 6.07) is 4.55. The highest BCUT2D eigenvalue weighted by Gasteiger charge is 1.88. The summed E-state index contributed by atoms with van der Waals surface area (Å²) < 4.78 is 23.9. The first-order valence-electron chi connectivity index (χ1n) is 2.20. The molecule has 0 fully saturated rings. The van der Waals surface area contributed by atoms with Crippen molar-refractivity contribution < 1.29 is 8.78 Å². The van der Waals surface area contributed by atoms with Crippen LogP contribution in [0.15, 0.2) is 24.3 Å². The molecule has 1 rings (SSSR count). The van der Waals surface area contributed by atoms with E-state index in [2.05, 4.69) is 0 Å². The van der Waals surface area contributed by atoms with Gasteiger partial charge in [-0.15, -0.1) is 0 Å². The van der Waals surface area contributed by atoms with Crippen LogP contribution in [0.5, 0.6) is 0 Å². The molecule has 0 unspecified atom stereocenters. The van der Waals surface area contributed by atoms with Crippen molar-refractivity contribution in [1.29, 1.82) is 0 Å². The van der Waals surface area contributed by atoms with Gasteiger partial charge in [-0.2, -0.15) is 0 Å². The monoisotopic (exact) mass is 128 g/mol. The average Bonchev–Trinajstić information content (AvgIpc) is 1.64. The Bertz CT molecular complexity index is 171. The highest BCUT2D eigenvalue weighted by atomic mass is 19.1. The Morgan fingerprint density at radius 2 is 1.44 bits per heavy atom. The van der Waals surface area contributed by atoms with Crippen molar-refractivity contribution in [2.45, 2.75) is 0 Å². The molecule has 0 saturated heterocycles. The first-order chi connectivity index (χ1) is 3.79. The minimum absolute atomic E-state index is 0. The molecule has 0 aliphatic heterocycles. The standard InChI is InChI=1S/C6H4F2.BH3/c7-5-2-1-3-6(8)4-5;/h1-4H;1H3. The van der Waals surface area contributed by atoms with Gasteiger partial charge in [-0.1, -0.05) is 6.07 Å². The molecule has 0 nitrogen and oxygen atoms in total. The van der Waals surface area contributed by atoms with Crippen LogP contribution in [0.3, 0.4) is 0 Å². The predicted octanol–water partition coefficient (Wildman–Crippen LogP) is 0.781. The van der Waals surface area contributed by atoms with E-state index in [9.17, 15) is 8.78 Å². The lowest BCUT2D eigenvalue weighted by Gasteiger charge is -1.84. The lowest BCUT2D eigenvalue weighted by Crippen LogP contribution is -1.73. The molecular weight excluding hydrogens is 121 g/mol. The molecule has 0 bridgehead atoms. The van der Waals surface area contributed by atoms with Crippen molar-refractivity contribution in [2.24, 2.45) is 0 Å². The quantitative estimate of drug-likeness (QED) is 0.453. The number of hydrogen-bond acceptors (Lipinski definition) is 0. The molecule has 0 amide bonds. The van der Waals surface area contributed by atoms with Crippen LogP contribution in [-0.2, 0) is 0 Å². The molecule has 1 aromatic rings. The zero-order chi connectivity index (χ0) is 5.98. The summed E-state index contributed by atoms with van der Waals surface area (Å²) in [6.45, 7) is 0. The molecule has 1 aromatic carbocycles. The largest absolute Gasteiger partial charge is 0.207 e. The predicted molar refractivity (Wildman–Crippen MR) is 36.3 cm³/mol. The van der Waals surface area contributed by atoms with E-state index in [4.69, 9.17) is 0 Å². The Hall–Kier alpha value is -0.855. The Morgan fingerprint density at radius 3 is 1.67 bits per heavy atom. The minimum Gasteiger partial charge on any atom is -0.207 e. The summed E-state index contributed by atoms with van der Waals surface area (Å²) in [6.07, 6.45) is 0. The topological polar surface area (TPSA) is 0 Å². The van der Waals surface area contributed by atoms with Crippen molar-refractivity contribution in [3.63, 3.8) is 0 Å². The zero-order valence-corrected chi connectivity index (χ0v) is 4.07. The second-order valence-corrected chi connectivity index (χ2v) is 1.44. The summed E-state index contributed by atoms with van der Waals surface area (Å²) in [5, 5.41) is 0. The van der Waals surface area contributed by atoms with Gasteiger partial charge in [0.2, 0.25) is 0 Å². The van der Waals surface area contributed by atoms with Crippen molar-refractivity contribution in [3.8, 4) is 0 Å².